The molecule has 0 saturated heterocycles. The summed E-state index contributed by atoms with van der Waals surface area (Å²) in [5, 5.41) is 3.67. The predicted octanol–water partition coefficient (Wildman–Crippen LogP) is 5.31. The molecular formula is C29H28N2O5. The van der Waals surface area contributed by atoms with Gasteiger partial charge in [0.15, 0.2) is 0 Å². The van der Waals surface area contributed by atoms with Crippen LogP contribution >= 0.6 is 0 Å². The minimum absolute atomic E-state index is 0.0466. The van der Waals surface area contributed by atoms with Gasteiger partial charge < -0.3 is 10.1 Å². The maximum absolute atomic E-state index is 12.3. The van der Waals surface area contributed by atoms with Crippen LogP contribution in [0, 0.1) is 0 Å². The lowest BCUT2D eigenvalue weighted by Crippen LogP contribution is -2.30. The van der Waals surface area contributed by atoms with E-state index in [9.17, 15) is 14.4 Å². The summed E-state index contributed by atoms with van der Waals surface area (Å²) in [5.74, 6) is -0.781. The zero-order valence-electron chi connectivity index (χ0n) is 19.9. The van der Waals surface area contributed by atoms with Crippen LogP contribution in [0.1, 0.15) is 63.4 Å². The summed E-state index contributed by atoms with van der Waals surface area (Å²) >= 11 is 0. The van der Waals surface area contributed by atoms with E-state index in [4.69, 9.17) is 9.57 Å². The molecule has 0 atom stereocenters. The van der Waals surface area contributed by atoms with Gasteiger partial charge in [0.1, 0.15) is 6.61 Å². The minimum atomic E-state index is -0.414. The first kappa shape index (κ1) is 23.8. The molecule has 0 bridgehead atoms. The van der Waals surface area contributed by atoms with Crippen molar-refractivity contribution in [1.29, 1.82) is 0 Å². The molecule has 3 aromatic rings. The van der Waals surface area contributed by atoms with Crippen molar-refractivity contribution in [2.45, 2.75) is 31.6 Å². The number of hydrogen-bond donors (Lipinski definition) is 1. The Kier molecular flexibility index (Phi) is 7.09. The second-order valence-corrected chi connectivity index (χ2v) is 8.95. The van der Waals surface area contributed by atoms with Gasteiger partial charge in [0.25, 0.3) is 11.8 Å². The monoisotopic (exact) mass is 484 g/mol. The molecular weight excluding hydrogens is 456 g/mol. The fraction of sp³-hybridized carbons (Fsp3) is 0.276. The number of carbonyl (C=O) groups excluding carboxylic acids is 3. The lowest BCUT2D eigenvalue weighted by molar-refractivity contribution is -0.0922. The third-order valence-electron chi connectivity index (χ3n) is 6.66. The van der Waals surface area contributed by atoms with Crippen LogP contribution < -0.4 is 5.32 Å². The molecule has 36 heavy (non-hydrogen) atoms. The number of rotatable bonds is 10. The van der Waals surface area contributed by atoms with Gasteiger partial charge in [-0.05, 0) is 47.2 Å². The number of benzene rings is 3. The maximum Gasteiger partial charge on any atom is 0.407 e. The molecule has 1 N–H and O–H groups in total. The zero-order valence-corrected chi connectivity index (χ0v) is 19.9. The molecule has 184 valence electrons. The number of fused-ring (bicyclic) bond motifs is 4. The van der Waals surface area contributed by atoms with Crippen molar-refractivity contribution in [3.63, 3.8) is 0 Å². The number of amides is 3. The van der Waals surface area contributed by atoms with Crippen molar-refractivity contribution in [1.82, 2.24) is 10.4 Å². The number of unbranched alkanes of at least 4 members (excludes halogenated alkanes) is 3. The summed E-state index contributed by atoms with van der Waals surface area (Å²) in [4.78, 5) is 42.2. The first-order valence-electron chi connectivity index (χ1n) is 12.3. The highest BCUT2D eigenvalue weighted by Crippen LogP contribution is 2.44. The molecule has 2 aliphatic rings. The van der Waals surface area contributed by atoms with Gasteiger partial charge in [-0.1, -0.05) is 73.5 Å². The predicted molar refractivity (Wildman–Crippen MR) is 134 cm³/mol. The van der Waals surface area contributed by atoms with Gasteiger partial charge in [0, 0.05) is 12.5 Å². The second-order valence-electron chi connectivity index (χ2n) is 8.95. The Balaban J connectivity index is 0.970. The number of nitrogens with one attached hydrogen (secondary N) is 1. The third-order valence-corrected chi connectivity index (χ3v) is 6.66. The average molecular weight is 485 g/mol. The Labute approximate surface area is 210 Å². The molecule has 0 unspecified atom stereocenters. The van der Waals surface area contributed by atoms with Gasteiger partial charge >= 0.3 is 6.09 Å². The molecule has 7 nitrogen and oxygen atoms in total. The molecule has 0 fully saturated rings. The number of imide groups is 1. The van der Waals surface area contributed by atoms with E-state index in [0.717, 1.165) is 24.3 Å². The number of hydroxylamine groups is 2. The summed E-state index contributed by atoms with van der Waals surface area (Å²) in [5.41, 5.74) is 5.54. The minimum Gasteiger partial charge on any atom is -0.449 e. The number of ether oxygens (including phenoxy) is 1. The van der Waals surface area contributed by atoms with Crippen LogP contribution in [0.2, 0.25) is 0 Å². The Morgan fingerprint density at radius 1 is 0.722 bits per heavy atom. The molecule has 3 aromatic carbocycles. The van der Waals surface area contributed by atoms with E-state index >= 15 is 0 Å². The molecule has 0 radical (unpaired) electrons. The molecule has 3 amide bonds. The third kappa shape index (κ3) is 4.75. The first-order chi connectivity index (χ1) is 17.6. The topological polar surface area (TPSA) is 84.9 Å². The highest BCUT2D eigenvalue weighted by atomic mass is 16.7. The molecule has 0 aromatic heterocycles. The summed E-state index contributed by atoms with van der Waals surface area (Å²) in [7, 11) is 0. The SMILES string of the molecule is O=C(NCCCCCCON1C(=O)c2ccccc2C1=O)OCC1c2ccccc2-c2ccccc21. The largest absolute Gasteiger partial charge is 0.449 e. The van der Waals surface area contributed by atoms with Crippen molar-refractivity contribution in [3.05, 3.63) is 95.1 Å². The van der Waals surface area contributed by atoms with E-state index in [1.807, 2.05) is 24.3 Å². The number of nitrogens with zero attached hydrogens (tertiary/aromatic N) is 1. The van der Waals surface area contributed by atoms with Gasteiger partial charge in [-0.15, -0.1) is 5.06 Å². The average Bonchev–Trinajstić information content (AvgIpc) is 3.36. The van der Waals surface area contributed by atoms with Crippen molar-refractivity contribution in [3.8, 4) is 11.1 Å². The number of alkyl carbamates (subject to hydrolysis) is 1. The number of hydrogen-bond acceptors (Lipinski definition) is 5. The molecule has 0 saturated carbocycles. The molecule has 7 heteroatoms. The van der Waals surface area contributed by atoms with Crippen molar-refractivity contribution in [2.75, 3.05) is 19.8 Å². The van der Waals surface area contributed by atoms with Crippen molar-refractivity contribution < 1.29 is 24.0 Å². The van der Waals surface area contributed by atoms with Crippen LogP contribution in [0.25, 0.3) is 11.1 Å². The van der Waals surface area contributed by atoms with E-state index in [0.29, 0.717) is 30.7 Å². The smallest absolute Gasteiger partial charge is 0.407 e. The van der Waals surface area contributed by atoms with Crippen LogP contribution in [-0.2, 0) is 9.57 Å². The zero-order chi connectivity index (χ0) is 24.9. The lowest BCUT2D eigenvalue weighted by Gasteiger charge is -2.14. The van der Waals surface area contributed by atoms with Crippen LogP contribution in [-0.4, -0.2) is 42.7 Å². The van der Waals surface area contributed by atoms with Crippen molar-refractivity contribution in [2.24, 2.45) is 0 Å². The second kappa shape index (κ2) is 10.7. The van der Waals surface area contributed by atoms with Crippen LogP contribution in [0.15, 0.2) is 72.8 Å². The van der Waals surface area contributed by atoms with Gasteiger partial charge in [0.2, 0.25) is 0 Å². The summed E-state index contributed by atoms with van der Waals surface area (Å²) in [6.07, 6.45) is 2.84. The standard InChI is InChI=1S/C29H28N2O5/c32-27-24-15-7-8-16-25(24)28(33)31(27)36-18-10-2-1-9-17-30-29(34)35-19-26-22-13-5-3-11-20(22)21-12-4-6-14-23(21)26/h3-8,11-16,26H,1-2,9-10,17-19H2,(H,30,34). The highest BCUT2D eigenvalue weighted by Gasteiger charge is 2.36. The summed E-state index contributed by atoms with van der Waals surface area (Å²) in [6.45, 7) is 1.11. The van der Waals surface area contributed by atoms with Crippen LogP contribution in [0.4, 0.5) is 4.79 Å². The first-order valence-corrected chi connectivity index (χ1v) is 12.3. The Morgan fingerprint density at radius 2 is 1.25 bits per heavy atom. The molecule has 5 rings (SSSR count). The molecule has 1 heterocycles. The fourth-order valence-electron chi connectivity index (χ4n) is 4.86. The van der Waals surface area contributed by atoms with E-state index < -0.39 is 17.9 Å². The van der Waals surface area contributed by atoms with E-state index in [-0.39, 0.29) is 12.5 Å². The van der Waals surface area contributed by atoms with E-state index in [1.165, 1.54) is 22.3 Å². The Bertz CT molecular complexity index is 1210. The number of carbonyl (C=O) groups is 3. The Hall–Kier alpha value is -3.97. The molecule has 1 aliphatic heterocycles. The quantitative estimate of drug-likeness (QED) is 0.311. The summed E-state index contributed by atoms with van der Waals surface area (Å²) in [6, 6.07) is 23.2. The van der Waals surface area contributed by atoms with Gasteiger partial charge in [-0.3, -0.25) is 14.4 Å². The molecule has 1 aliphatic carbocycles. The normalized spacial score (nSPS) is 13.9. The van der Waals surface area contributed by atoms with E-state index in [2.05, 4.69) is 29.6 Å². The van der Waals surface area contributed by atoms with Crippen LogP contribution in [0.3, 0.4) is 0 Å². The summed E-state index contributed by atoms with van der Waals surface area (Å²) < 4.78 is 5.55. The van der Waals surface area contributed by atoms with E-state index in [1.54, 1.807) is 24.3 Å². The van der Waals surface area contributed by atoms with Crippen LogP contribution in [0.5, 0.6) is 0 Å². The van der Waals surface area contributed by atoms with Crippen molar-refractivity contribution >= 4 is 17.9 Å². The van der Waals surface area contributed by atoms with Gasteiger partial charge in [-0.25, -0.2) is 4.79 Å². The molecule has 0 spiro atoms. The highest BCUT2D eigenvalue weighted by molar-refractivity contribution is 6.20. The fourth-order valence-corrected chi connectivity index (χ4v) is 4.86. The van der Waals surface area contributed by atoms with Gasteiger partial charge in [-0.2, -0.15) is 0 Å². The Morgan fingerprint density at radius 3 is 1.86 bits per heavy atom. The van der Waals surface area contributed by atoms with Gasteiger partial charge in [0.05, 0.1) is 17.7 Å². The maximum atomic E-state index is 12.3. The lowest BCUT2D eigenvalue weighted by atomic mass is 9.98.